The first-order valence-electron chi connectivity index (χ1n) is 11.3. The molecule has 0 radical (unpaired) electrons. The predicted molar refractivity (Wildman–Crippen MR) is 126 cm³/mol. The van der Waals surface area contributed by atoms with E-state index in [0.29, 0.717) is 6.42 Å². The highest BCUT2D eigenvalue weighted by Gasteiger charge is 2.51. The molecule has 166 valence electrons. The number of aliphatic hydroxyl groups is 1. The van der Waals surface area contributed by atoms with Crippen LogP contribution in [0.25, 0.3) is 0 Å². The fourth-order valence-corrected chi connectivity index (χ4v) is 4.04. The molecule has 4 rings (SSSR count). The zero-order valence-electron chi connectivity index (χ0n) is 19.3. The van der Waals surface area contributed by atoms with Gasteiger partial charge >= 0.3 is 7.12 Å². The number of hydrogen-bond acceptors (Lipinski definition) is 6. The molecule has 0 amide bonds. The van der Waals surface area contributed by atoms with E-state index in [-0.39, 0.29) is 18.3 Å². The topological polar surface area (TPSA) is 58.1 Å². The fourth-order valence-electron chi connectivity index (χ4n) is 4.04. The summed E-state index contributed by atoms with van der Waals surface area (Å²) in [5, 5.41) is 9.93. The number of rotatable bonds is 5. The van der Waals surface area contributed by atoms with Crippen molar-refractivity contribution in [2.24, 2.45) is 0 Å². The molecular weight excluding hydrogens is 389 g/mol. The number of pyridine rings is 1. The van der Waals surface area contributed by atoms with E-state index < -0.39 is 6.10 Å². The van der Waals surface area contributed by atoms with Gasteiger partial charge in [-0.15, -0.1) is 0 Å². The van der Waals surface area contributed by atoms with E-state index in [1.54, 1.807) is 0 Å². The molecule has 3 heterocycles. The smallest absolute Gasteiger partial charge is 0.399 e. The van der Waals surface area contributed by atoms with Crippen LogP contribution >= 0.6 is 0 Å². The third-order valence-electron chi connectivity index (χ3n) is 6.93. The predicted octanol–water partition coefficient (Wildman–Crippen LogP) is 3.15. The maximum absolute atomic E-state index is 9.93. The quantitative estimate of drug-likeness (QED) is 0.746. The van der Waals surface area contributed by atoms with Gasteiger partial charge in [0.1, 0.15) is 0 Å². The monoisotopic (exact) mass is 423 g/mol. The Bertz CT molecular complexity index is 862. The van der Waals surface area contributed by atoms with Gasteiger partial charge in [0.25, 0.3) is 0 Å². The summed E-state index contributed by atoms with van der Waals surface area (Å²) >= 11 is 0. The molecule has 31 heavy (non-hydrogen) atoms. The van der Waals surface area contributed by atoms with Gasteiger partial charge in [-0.1, -0.05) is 19.1 Å². The number of nitrogens with zero attached hydrogens (tertiary/aromatic N) is 3. The number of aliphatic hydroxyl groups excluding tert-OH is 1. The SMILES string of the molecule is CCC(O)c1ccc(N2CCN(c3ccc(B4OC(C)(C)C(C)(C)O4)cc3)CC2)cn1. The summed E-state index contributed by atoms with van der Waals surface area (Å²) in [6.07, 6.45) is 2.08. The highest BCUT2D eigenvalue weighted by Crippen LogP contribution is 2.36. The fraction of sp³-hybridized carbons (Fsp3) is 0.542. The van der Waals surface area contributed by atoms with Crippen LogP contribution in [0.15, 0.2) is 42.6 Å². The third-order valence-corrected chi connectivity index (χ3v) is 6.93. The number of benzene rings is 1. The van der Waals surface area contributed by atoms with E-state index in [9.17, 15) is 5.11 Å². The molecule has 1 atom stereocenters. The first-order chi connectivity index (χ1) is 14.7. The van der Waals surface area contributed by atoms with Crippen LogP contribution in [0.1, 0.15) is 52.8 Å². The van der Waals surface area contributed by atoms with Gasteiger partial charge in [0.05, 0.1) is 34.9 Å². The van der Waals surface area contributed by atoms with Crippen LogP contribution in [0.3, 0.4) is 0 Å². The molecule has 0 bridgehead atoms. The van der Waals surface area contributed by atoms with Gasteiger partial charge in [-0.25, -0.2) is 0 Å². The molecule has 2 fully saturated rings. The van der Waals surface area contributed by atoms with Gasteiger partial charge in [-0.2, -0.15) is 0 Å². The van der Waals surface area contributed by atoms with Crippen LogP contribution in [0, 0.1) is 0 Å². The molecule has 6 nitrogen and oxygen atoms in total. The van der Waals surface area contributed by atoms with E-state index in [1.165, 1.54) is 5.69 Å². The molecule has 1 N–H and O–H groups in total. The Morgan fingerprint density at radius 2 is 1.42 bits per heavy atom. The molecule has 2 aliphatic rings. The summed E-state index contributed by atoms with van der Waals surface area (Å²) in [7, 11) is -0.322. The molecule has 0 saturated carbocycles. The molecule has 1 aromatic carbocycles. The van der Waals surface area contributed by atoms with Gasteiger partial charge < -0.3 is 24.2 Å². The lowest BCUT2D eigenvalue weighted by atomic mass is 9.79. The van der Waals surface area contributed by atoms with Crippen molar-refractivity contribution in [2.75, 3.05) is 36.0 Å². The van der Waals surface area contributed by atoms with Gasteiger partial charge in [0, 0.05) is 31.9 Å². The molecule has 7 heteroatoms. The Hall–Kier alpha value is -2.09. The van der Waals surface area contributed by atoms with Gasteiger partial charge in [-0.05, 0) is 63.8 Å². The van der Waals surface area contributed by atoms with Crippen LogP contribution in [-0.2, 0) is 9.31 Å². The average Bonchev–Trinajstić information content (AvgIpc) is 3.00. The summed E-state index contributed by atoms with van der Waals surface area (Å²) in [6, 6.07) is 12.6. The van der Waals surface area contributed by atoms with E-state index in [0.717, 1.165) is 43.0 Å². The third kappa shape index (κ3) is 4.45. The van der Waals surface area contributed by atoms with Crippen LogP contribution in [0.4, 0.5) is 11.4 Å². The molecule has 0 spiro atoms. The van der Waals surface area contributed by atoms with Crippen molar-refractivity contribution in [1.82, 2.24) is 4.98 Å². The number of hydrogen-bond donors (Lipinski definition) is 1. The molecule has 2 saturated heterocycles. The zero-order valence-corrected chi connectivity index (χ0v) is 19.3. The average molecular weight is 423 g/mol. The van der Waals surface area contributed by atoms with Gasteiger partial charge in [-0.3, -0.25) is 4.98 Å². The molecule has 2 aliphatic heterocycles. The van der Waals surface area contributed by atoms with Crippen LogP contribution in [-0.4, -0.2) is 54.6 Å². The summed E-state index contributed by atoms with van der Waals surface area (Å²) in [5.74, 6) is 0. The summed E-state index contributed by atoms with van der Waals surface area (Å²) in [6.45, 7) is 14.1. The van der Waals surface area contributed by atoms with Crippen molar-refractivity contribution in [2.45, 2.75) is 58.3 Å². The molecule has 2 aromatic rings. The Kier molecular flexibility index (Phi) is 6.03. The lowest BCUT2D eigenvalue weighted by Gasteiger charge is -2.37. The van der Waals surface area contributed by atoms with Crippen LogP contribution < -0.4 is 15.3 Å². The standard InChI is InChI=1S/C24H34BN3O3/c1-6-22(29)21-12-11-20(17-26-21)28-15-13-27(14-16-28)19-9-7-18(8-10-19)25-30-23(2,3)24(4,5)31-25/h7-12,17,22,29H,6,13-16H2,1-5H3. The number of piperazine rings is 1. The maximum Gasteiger partial charge on any atom is 0.494 e. The number of anilines is 2. The van der Waals surface area contributed by atoms with Crippen molar-refractivity contribution in [3.05, 3.63) is 48.3 Å². The minimum atomic E-state index is -0.481. The largest absolute Gasteiger partial charge is 0.494 e. The normalized spacial score (nSPS) is 21.4. The van der Waals surface area contributed by atoms with E-state index in [1.807, 2.05) is 19.2 Å². The van der Waals surface area contributed by atoms with Crippen molar-refractivity contribution in [3.63, 3.8) is 0 Å². The Morgan fingerprint density at radius 1 is 0.903 bits per heavy atom. The van der Waals surface area contributed by atoms with E-state index >= 15 is 0 Å². The zero-order chi connectivity index (χ0) is 22.2. The second-order valence-electron chi connectivity index (χ2n) is 9.52. The summed E-state index contributed by atoms with van der Waals surface area (Å²) in [5.41, 5.74) is 3.48. The summed E-state index contributed by atoms with van der Waals surface area (Å²) in [4.78, 5) is 9.20. The van der Waals surface area contributed by atoms with Crippen molar-refractivity contribution < 1.29 is 14.4 Å². The molecule has 1 unspecified atom stereocenters. The Balaban J connectivity index is 1.35. The minimum Gasteiger partial charge on any atom is -0.399 e. The second-order valence-corrected chi connectivity index (χ2v) is 9.52. The first kappa shape index (κ1) is 22.1. The Morgan fingerprint density at radius 3 is 1.90 bits per heavy atom. The first-order valence-corrected chi connectivity index (χ1v) is 11.3. The van der Waals surface area contributed by atoms with E-state index in [2.05, 4.69) is 72.8 Å². The maximum atomic E-state index is 9.93. The second kappa shape index (κ2) is 8.45. The minimum absolute atomic E-state index is 0.322. The summed E-state index contributed by atoms with van der Waals surface area (Å²) < 4.78 is 12.3. The molecular formula is C24H34BN3O3. The van der Waals surface area contributed by atoms with E-state index in [4.69, 9.17) is 9.31 Å². The lowest BCUT2D eigenvalue weighted by molar-refractivity contribution is 0.00578. The number of aromatic nitrogens is 1. The highest BCUT2D eigenvalue weighted by molar-refractivity contribution is 6.62. The van der Waals surface area contributed by atoms with Gasteiger partial charge in [0.2, 0.25) is 0 Å². The highest BCUT2D eigenvalue weighted by atomic mass is 16.7. The molecule has 0 aliphatic carbocycles. The Labute approximate surface area is 186 Å². The van der Waals surface area contributed by atoms with Crippen molar-refractivity contribution in [3.8, 4) is 0 Å². The van der Waals surface area contributed by atoms with Crippen LogP contribution in [0.5, 0.6) is 0 Å². The lowest BCUT2D eigenvalue weighted by Crippen LogP contribution is -2.46. The van der Waals surface area contributed by atoms with Crippen molar-refractivity contribution in [1.29, 1.82) is 0 Å². The van der Waals surface area contributed by atoms with Gasteiger partial charge in [0.15, 0.2) is 0 Å². The molecule has 1 aromatic heterocycles. The van der Waals surface area contributed by atoms with Crippen molar-refractivity contribution >= 4 is 24.0 Å². The van der Waals surface area contributed by atoms with Crippen LogP contribution in [0.2, 0.25) is 0 Å².